The molecule has 1 aliphatic rings. The Bertz CT molecular complexity index is 182. The highest BCUT2D eigenvalue weighted by atomic mass is 16.5. The van der Waals surface area contributed by atoms with Gasteiger partial charge in [-0.1, -0.05) is 26.5 Å². The highest BCUT2D eigenvalue weighted by Crippen LogP contribution is 2.52. The van der Waals surface area contributed by atoms with Crippen LogP contribution < -0.4 is 0 Å². The largest absolute Gasteiger partial charge is 0.461 e. The zero-order chi connectivity index (χ0) is 8.48. The van der Waals surface area contributed by atoms with Gasteiger partial charge in [-0.15, -0.1) is 0 Å². The molecule has 1 fully saturated rings. The maximum atomic E-state index is 11.1. The van der Waals surface area contributed by atoms with Crippen molar-refractivity contribution >= 4 is 5.97 Å². The van der Waals surface area contributed by atoms with Crippen molar-refractivity contribution in [1.82, 2.24) is 0 Å². The van der Waals surface area contributed by atoms with Gasteiger partial charge in [-0.05, 0) is 11.8 Å². The molecule has 0 aliphatic heterocycles. The lowest BCUT2D eigenvalue weighted by Gasteiger charge is -2.02. The van der Waals surface area contributed by atoms with Crippen molar-refractivity contribution in [1.29, 1.82) is 0 Å². The van der Waals surface area contributed by atoms with E-state index in [0.29, 0.717) is 6.61 Å². The molecule has 0 aromatic heterocycles. The van der Waals surface area contributed by atoms with E-state index in [9.17, 15) is 4.79 Å². The van der Waals surface area contributed by atoms with Gasteiger partial charge in [0, 0.05) is 0 Å². The van der Waals surface area contributed by atoms with E-state index in [4.69, 9.17) is 4.74 Å². The molecule has 2 nitrogen and oxygen atoms in total. The second-order valence-corrected chi connectivity index (χ2v) is 3.66. The minimum Gasteiger partial charge on any atom is -0.461 e. The van der Waals surface area contributed by atoms with Crippen molar-refractivity contribution in [3.8, 4) is 0 Å². The maximum Gasteiger partial charge on any atom is 0.309 e. The first-order valence-electron chi connectivity index (χ1n) is 3.85. The average Bonchev–Trinajstić information content (AvgIpc) is 2.55. The molecule has 2 heteroatoms. The lowest BCUT2D eigenvalue weighted by atomic mass is 10.1. The van der Waals surface area contributed by atoms with Crippen LogP contribution in [-0.2, 0) is 9.53 Å². The molecule has 1 unspecified atom stereocenters. The predicted molar refractivity (Wildman–Crippen MR) is 43.0 cm³/mol. The summed E-state index contributed by atoms with van der Waals surface area (Å²) in [4.78, 5) is 11.1. The van der Waals surface area contributed by atoms with Gasteiger partial charge in [0.2, 0.25) is 0 Å². The van der Waals surface area contributed by atoms with E-state index >= 15 is 0 Å². The van der Waals surface area contributed by atoms with Crippen LogP contribution in [0.25, 0.3) is 0 Å². The van der Waals surface area contributed by atoms with Crippen molar-refractivity contribution < 1.29 is 9.53 Å². The van der Waals surface area contributed by atoms with Gasteiger partial charge in [-0.2, -0.15) is 0 Å². The van der Waals surface area contributed by atoms with Crippen LogP contribution in [0, 0.1) is 11.3 Å². The number of carbonyl (C=O) groups is 1. The third kappa shape index (κ3) is 1.82. The standard InChI is InChI=1S/C9H14O2/c1-4-5-11-8(10)7-6-9(7,2)3/h4,7H,1,5-6H2,2-3H3. The van der Waals surface area contributed by atoms with E-state index in [0.717, 1.165) is 6.42 Å². The molecule has 1 rings (SSSR count). The summed E-state index contributed by atoms with van der Waals surface area (Å²) < 4.78 is 4.89. The van der Waals surface area contributed by atoms with Crippen LogP contribution in [0.15, 0.2) is 12.7 Å². The van der Waals surface area contributed by atoms with Crippen molar-refractivity contribution in [3.63, 3.8) is 0 Å². The summed E-state index contributed by atoms with van der Waals surface area (Å²) in [7, 11) is 0. The Morgan fingerprint density at radius 1 is 1.82 bits per heavy atom. The lowest BCUT2D eigenvalue weighted by molar-refractivity contribution is -0.144. The van der Waals surface area contributed by atoms with E-state index in [-0.39, 0.29) is 17.3 Å². The lowest BCUT2D eigenvalue weighted by Crippen LogP contribution is -2.10. The SMILES string of the molecule is C=CCOC(=O)C1CC1(C)C. The molecule has 0 spiro atoms. The average molecular weight is 154 g/mol. The molecule has 1 atom stereocenters. The van der Waals surface area contributed by atoms with Crippen molar-refractivity contribution in [2.75, 3.05) is 6.61 Å². The number of carbonyl (C=O) groups excluding carboxylic acids is 1. The summed E-state index contributed by atoms with van der Waals surface area (Å²) in [5.41, 5.74) is 0.179. The summed E-state index contributed by atoms with van der Waals surface area (Å²) in [6.07, 6.45) is 2.55. The fraction of sp³-hybridized carbons (Fsp3) is 0.667. The molecule has 0 aromatic rings. The Balaban J connectivity index is 2.28. The first kappa shape index (κ1) is 8.31. The van der Waals surface area contributed by atoms with Crippen LogP contribution in [0.4, 0.5) is 0 Å². The Hall–Kier alpha value is -0.790. The van der Waals surface area contributed by atoms with Crippen LogP contribution in [-0.4, -0.2) is 12.6 Å². The molecule has 62 valence electrons. The summed E-state index contributed by atoms with van der Waals surface area (Å²) in [6.45, 7) is 7.96. The predicted octanol–water partition coefficient (Wildman–Crippen LogP) is 1.76. The Morgan fingerprint density at radius 3 is 2.73 bits per heavy atom. The molecular formula is C9H14O2. The number of hydrogen-bond donors (Lipinski definition) is 0. The molecule has 0 aromatic carbocycles. The van der Waals surface area contributed by atoms with Crippen LogP contribution in [0.3, 0.4) is 0 Å². The summed E-state index contributed by atoms with van der Waals surface area (Å²) >= 11 is 0. The Labute approximate surface area is 67.2 Å². The summed E-state index contributed by atoms with van der Waals surface area (Å²) in [5.74, 6) is 0.0531. The minimum absolute atomic E-state index is 0.0742. The zero-order valence-corrected chi connectivity index (χ0v) is 7.09. The fourth-order valence-corrected chi connectivity index (χ4v) is 1.11. The van der Waals surface area contributed by atoms with Crippen LogP contribution >= 0.6 is 0 Å². The number of hydrogen-bond acceptors (Lipinski definition) is 2. The molecular weight excluding hydrogens is 140 g/mol. The van der Waals surface area contributed by atoms with Gasteiger partial charge >= 0.3 is 5.97 Å². The van der Waals surface area contributed by atoms with Crippen molar-refractivity contribution in [2.24, 2.45) is 11.3 Å². The van der Waals surface area contributed by atoms with Gasteiger partial charge in [-0.3, -0.25) is 4.79 Å². The summed E-state index contributed by atoms with van der Waals surface area (Å²) in [6, 6.07) is 0. The normalized spacial score (nSPS) is 25.8. The monoisotopic (exact) mass is 154 g/mol. The molecule has 0 heterocycles. The minimum atomic E-state index is -0.0742. The van der Waals surface area contributed by atoms with Crippen LogP contribution in [0.2, 0.25) is 0 Å². The van der Waals surface area contributed by atoms with Crippen molar-refractivity contribution in [2.45, 2.75) is 20.3 Å². The molecule has 0 saturated heterocycles. The molecule has 0 amide bonds. The van der Waals surface area contributed by atoms with Crippen LogP contribution in [0.5, 0.6) is 0 Å². The second-order valence-electron chi connectivity index (χ2n) is 3.66. The van der Waals surface area contributed by atoms with Crippen LogP contribution in [0.1, 0.15) is 20.3 Å². The van der Waals surface area contributed by atoms with E-state index in [1.807, 2.05) is 0 Å². The number of ether oxygens (including phenoxy) is 1. The quantitative estimate of drug-likeness (QED) is 0.457. The van der Waals surface area contributed by atoms with Gasteiger partial charge in [-0.25, -0.2) is 0 Å². The number of rotatable bonds is 3. The Kier molecular flexibility index (Phi) is 2.03. The fourth-order valence-electron chi connectivity index (χ4n) is 1.11. The topological polar surface area (TPSA) is 26.3 Å². The molecule has 0 N–H and O–H groups in total. The molecule has 1 aliphatic carbocycles. The van der Waals surface area contributed by atoms with Gasteiger partial charge in [0.05, 0.1) is 5.92 Å². The van der Waals surface area contributed by atoms with Gasteiger partial charge in [0.15, 0.2) is 0 Å². The highest BCUT2D eigenvalue weighted by molar-refractivity contribution is 5.76. The third-order valence-electron chi connectivity index (χ3n) is 2.14. The van der Waals surface area contributed by atoms with E-state index < -0.39 is 0 Å². The highest BCUT2D eigenvalue weighted by Gasteiger charge is 2.51. The van der Waals surface area contributed by atoms with E-state index in [2.05, 4.69) is 20.4 Å². The molecule has 0 radical (unpaired) electrons. The Morgan fingerprint density at radius 2 is 2.36 bits per heavy atom. The van der Waals surface area contributed by atoms with E-state index in [1.165, 1.54) is 0 Å². The first-order chi connectivity index (χ1) is 5.08. The number of esters is 1. The maximum absolute atomic E-state index is 11.1. The van der Waals surface area contributed by atoms with Gasteiger partial charge < -0.3 is 4.74 Å². The molecule has 0 bridgehead atoms. The zero-order valence-electron chi connectivity index (χ0n) is 7.09. The second kappa shape index (κ2) is 2.68. The van der Waals surface area contributed by atoms with Crippen molar-refractivity contribution in [3.05, 3.63) is 12.7 Å². The molecule has 1 saturated carbocycles. The van der Waals surface area contributed by atoms with Gasteiger partial charge in [0.25, 0.3) is 0 Å². The molecule has 11 heavy (non-hydrogen) atoms. The van der Waals surface area contributed by atoms with E-state index in [1.54, 1.807) is 6.08 Å². The third-order valence-corrected chi connectivity index (χ3v) is 2.14. The first-order valence-corrected chi connectivity index (χ1v) is 3.85. The summed E-state index contributed by atoms with van der Waals surface area (Å²) in [5, 5.41) is 0. The smallest absolute Gasteiger partial charge is 0.309 e. The van der Waals surface area contributed by atoms with Gasteiger partial charge in [0.1, 0.15) is 6.61 Å².